The van der Waals surface area contributed by atoms with E-state index in [0.29, 0.717) is 12.1 Å². The minimum atomic E-state index is -0.581. The number of carbonyl (C=O) groups excluding carboxylic acids is 2. The Morgan fingerprint density at radius 1 is 0.938 bits per heavy atom. The van der Waals surface area contributed by atoms with E-state index >= 15 is 0 Å². The summed E-state index contributed by atoms with van der Waals surface area (Å²) >= 11 is 0. The smallest absolute Gasteiger partial charge is 0.252 e. The highest BCUT2D eigenvalue weighted by Gasteiger charge is 2.25. The zero-order valence-corrected chi connectivity index (χ0v) is 19.7. The normalized spacial score (nSPS) is 15.8. The fourth-order valence-corrected chi connectivity index (χ4v) is 4.27. The van der Waals surface area contributed by atoms with E-state index in [4.69, 9.17) is 0 Å². The van der Waals surface area contributed by atoms with Crippen LogP contribution in [0.3, 0.4) is 0 Å². The van der Waals surface area contributed by atoms with E-state index in [2.05, 4.69) is 33.7 Å². The summed E-state index contributed by atoms with van der Waals surface area (Å²) in [6.07, 6.45) is 5.22. The van der Waals surface area contributed by atoms with E-state index in [1.165, 1.54) is 31.2 Å². The second-order valence-corrected chi connectivity index (χ2v) is 9.24. The van der Waals surface area contributed by atoms with E-state index in [1.54, 1.807) is 6.07 Å². The van der Waals surface area contributed by atoms with E-state index < -0.39 is 6.04 Å². The summed E-state index contributed by atoms with van der Waals surface area (Å²) in [7, 11) is 0. The number of nitrogens with zero attached hydrogens (tertiary/aromatic N) is 1. The molecule has 0 saturated carbocycles. The van der Waals surface area contributed by atoms with Gasteiger partial charge in [-0.05, 0) is 61.5 Å². The molecule has 172 valence electrons. The molecule has 2 N–H and O–H groups in total. The topological polar surface area (TPSA) is 61.4 Å². The van der Waals surface area contributed by atoms with Gasteiger partial charge in [0.15, 0.2) is 0 Å². The predicted octanol–water partition coefficient (Wildman–Crippen LogP) is 4.44. The van der Waals surface area contributed by atoms with Crippen molar-refractivity contribution in [3.05, 3.63) is 70.8 Å². The highest BCUT2D eigenvalue weighted by molar-refractivity contribution is 5.98. The average Bonchev–Trinajstić information content (AvgIpc) is 3.04. The third kappa shape index (κ3) is 6.92. The van der Waals surface area contributed by atoms with Gasteiger partial charge in [-0.1, -0.05) is 69.2 Å². The van der Waals surface area contributed by atoms with Crippen molar-refractivity contribution in [2.75, 3.05) is 13.1 Å². The van der Waals surface area contributed by atoms with Crippen LogP contribution in [0.5, 0.6) is 0 Å². The number of likely N-dealkylation sites (tertiary alicyclic amines) is 1. The van der Waals surface area contributed by atoms with Crippen molar-refractivity contribution in [1.82, 2.24) is 15.5 Å². The van der Waals surface area contributed by atoms with Gasteiger partial charge < -0.3 is 10.6 Å². The predicted molar refractivity (Wildman–Crippen MR) is 129 cm³/mol. The Labute approximate surface area is 192 Å². The quantitative estimate of drug-likeness (QED) is 0.644. The molecule has 1 fully saturated rings. The van der Waals surface area contributed by atoms with Gasteiger partial charge in [0.05, 0.1) is 0 Å². The number of amides is 2. The molecule has 0 aliphatic carbocycles. The fraction of sp³-hybridized carbons (Fsp3) is 0.481. The molecule has 3 rings (SSSR count). The van der Waals surface area contributed by atoms with Crippen LogP contribution in [-0.2, 0) is 17.9 Å². The van der Waals surface area contributed by atoms with Crippen molar-refractivity contribution in [1.29, 1.82) is 0 Å². The van der Waals surface area contributed by atoms with Crippen molar-refractivity contribution in [2.24, 2.45) is 5.92 Å². The number of hydrogen-bond acceptors (Lipinski definition) is 3. The van der Waals surface area contributed by atoms with Crippen LogP contribution in [0.15, 0.2) is 48.5 Å². The van der Waals surface area contributed by atoms with E-state index in [1.807, 2.05) is 45.0 Å². The van der Waals surface area contributed by atoms with Crippen molar-refractivity contribution in [3.63, 3.8) is 0 Å². The van der Waals surface area contributed by atoms with Gasteiger partial charge in [0.2, 0.25) is 5.91 Å². The lowest BCUT2D eigenvalue weighted by molar-refractivity contribution is -0.124. The van der Waals surface area contributed by atoms with Crippen molar-refractivity contribution in [3.8, 4) is 0 Å². The molecule has 1 heterocycles. The van der Waals surface area contributed by atoms with Crippen molar-refractivity contribution >= 4 is 11.8 Å². The van der Waals surface area contributed by atoms with Gasteiger partial charge in [0.25, 0.3) is 5.91 Å². The maximum Gasteiger partial charge on any atom is 0.252 e. The standard InChI is InChI=1S/C27H37N3O2/c1-20(2)25(29-26(31)24-14-7-6-11-21(24)3)27(32)28-18-22-12-10-13-23(17-22)19-30-15-8-4-5-9-16-30/h6-7,10-14,17,20,25H,4-5,8-9,15-16,18-19H2,1-3H3,(H,28,32)(H,29,31). The van der Waals surface area contributed by atoms with E-state index in [0.717, 1.165) is 30.8 Å². The SMILES string of the molecule is Cc1ccccc1C(=O)NC(C(=O)NCc1cccc(CN2CCCCCC2)c1)C(C)C. The average molecular weight is 436 g/mol. The molecule has 1 saturated heterocycles. The van der Waals surface area contributed by atoms with Crippen LogP contribution in [0.2, 0.25) is 0 Å². The second kappa shape index (κ2) is 11.8. The summed E-state index contributed by atoms with van der Waals surface area (Å²) in [6, 6.07) is 15.3. The molecule has 5 nitrogen and oxygen atoms in total. The zero-order chi connectivity index (χ0) is 22.9. The number of hydrogen-bond donors (Lipinski definition) is 2. The first-order valence-corrected chi connectivity index (χ1v) is 11.9. The Morgan fingerprint density at radius 2 is 1.62 bits per heavy atom. The largest absolute Gasteiger partial charge is 0.350 e. The summed E-state index contributed by atoms with van der Waals surface area (Å²) in [5, 5.41) is 5.95. The first kappa shape index (κ1) is 24.0. The number of carbonyl (C=O) groups is 2. The molecular formula is C27H37N3O2. The van der Waals surface area contributed by atoms with Crippen LogP contribution in [0.25, 0.3) is 0 Å². The third-order valence-corrected chi connectivity index (χ3v) is 6.19. The summed E-state index contributed by atoms with van der Waals surface area (Å²) < 4.78 is 0. The number of rotatable bonds is 8. The highest BCUT2D eigenvalue weighted by Crippen LogP contribution is 2.15. The maximum atomic E-state index is 12.9. The van der Waals surface area contributed by atoms with Gasteiger partial charge in [-0.15, -0.1) is 0 Å². The highest BCUT2D eigenvalue weighted by atomic mass is 16.2. The Morgan fingerprint density at radius 3 is 2.31 bits per heavy atom. The van der Waals surface area contributed by atoms with Gasteiger partial charge in [0.1, 0.15) is 6.04 Å². The molecule has 1 aliphatic rings. The van der Waals surface area contributed by atoms with Gasteiger partial charge in [0, 0.05) is 18.7 Å². The number of nitrogens with one attached hydrogen (secondary N) is 2. The lowest BCUT2D eigenvalue weighted by Gasteiger charge is -2.22. The molecule has 0 aromatic heterocycles. The van der Waals surface area contributed by atoms with Crippen LogP contribution >= 0.6 is 0 Å². The summed E-state index contributed by atoms with van der Waals surface area (Å²) in [5.41, 5.74) is 3.87. The van der Waals surface area contributed by atoms with Crippen LogP contribution in [-0.4, -0.2) is 35.8 Å². The first-order chi connectivity index (χ1) is 15.4. The molecular weight excluding hydrogens is 398 g/mol. The molecule has 2 aromatic rings. The van der Waals surface area contributed by atoms with Gasteiger partial charge in [-0.25, -0.2) is 0 Å². The molecule has 1 atom stereocenters. The molecule has 1 aliphatic heterocycles. The van der Waals surface area contributed by atoms with Crippen LogP contribution in [0.1, 0.15) is 66.6 Å². The molecule has 32 heavy (non-hydrogen) atoms. The minimum Gasteiger partial charge on any atom is -0.350 e. The van der Waals surface area contributed by atoms with Crippen LogP contribution < -0.4 is 10.6 Å². The van der Waals surface area contributed by atoms with Crippen LogP contribution in [0.4, 0.5) is 0 Å². The lowest BCUT2D eigenvalue weighted by atomic mass is 10.0. The second-order valence-electron chi connectivity index (χ2n) is 9.24. The molecule has 0 radical (unpaired) electrons. The summed E-state index contributed by atoms with van der Waals surface area (Å²) in [6.45, 7) is 9.54. The van der Waals surface area contributed by atoms with Crippen LogP contribution in [0, 0.1) is 12.8 Å². The molecule has 1 unspecified atom stereocenters. The first-order valence-electron chi connectivity index (χ1n) is 11.9. The number of benzene rings is 2. The zero-order valence-electron chi connectivity index (χ0n) is 19.7. The summed E-state index contributed by atoms with van der Waals surface area (Å²) in [4.78, 5) is 28.2. The molecule has 5 heteroatoms. The van der Waals surface area contributed by atoms with Gasteiger partial charge in [-0.3, -0.25) is 14.5 Å². The van der Waals surface area contributed by atoms with E-state index in [-0.39, 0.29) is 17.7 Å². The maximum absolute atomic E-state index is 12.9. The van der Waals surface area contributed by atoms with Crippen molar-refractivity contribution in [2.45, 2.75) is 65.6 Å². The fourth-order valence-electron chi connectivity index (χ4n) is 4.27. The Kier molecular flexibility index (Phi) is 8.86. The monoisotopic (exact) mass is 435 g/mol. The third-order valence-electron chi connectivity index (χ3n) is 6.19. The molecule has 0 bridgehead atoms. The minimum absolute atomic E-state index is 0.0164. The van der Waals surface area contributed by atoms with Crippen molar-refractivity contribution < 1.29 is 9.59 Å². The lowest BCUT2D eigenvalue weighted by Crippen LogP contribution is -2.49. The summed E-state index contributed by atoms with van der Waals surface area (Å²) in [5.74, 6) is -0.381. The Bertz CT molecular complexity index is 901. The Hall–Kier alpha value is -2.66. The van der Waals surface area contributed by atoms with E-state index in [9.17, 15) is 9.59 Å². The van der Waals surface area contributed by atoms with Gasteiger partial charge in [-0.2, -0.15) is 0 Å². The Balaban J connectivity index is 1.58. The molecule has 0 spiro atoms. The number of aryl methyl sites for hydroxylation is 1. The van der Waals surface area contributed by atoms with Gasteiger partial charge >= 0.3 is 0 Å². The molecule has 2 aromatic carbocycles. The molecule has 2 amide bonds.